The van der Waals surface area contributed by atoms with Crippen LogP contribution < -0.4 is 15.4 Å². The van der Waals surface area contributed by atoms with Gasteiger partial charge in [0.2, 0.25) is 0 Å². The van der Waals surface area contributed by atoms with E-state index in [1.54, 1.807) is 6.07 Å². The molecular formula is C21H31N5O. The standard InChI is InChI=1S/C21H29N5O.H2/c1-4-6-11-26(3)19-13-18(24-14-25-19)20(23)16-12-15(7-8-17(16)22)27-21(5-2)9-10-21;/h7-8,12-14,23H,4-6,9-11,22H2,1-3H3;1H. The highest BCUT2D eigenvalue weighted by Crippen LogP contribution is 2.43. The molecule has 146 valence electrons. The summed E-state index contributed by atoms with van der Waals surface area (Å²) >= 11 is 0. The molecule has 2 aromatic rings. The van der Waals surface area contributed by atoms with Crippen molar-refractivity contribution in [2.24, 2.45) is 0 Å². The van der Waals surface area contributed by atoms with Crippen LogP contribution in [0.3, 0.4) is 0 Å². The minimum atomic E-state index is -0.0281. The third kappa shape index (κ3) is 4.38. The van der Waals surface area contributed by atoms with Gasteiger partial charge in [-0.25, -0.2) is 9.97 Å². The van der Waals surface area contributed by atoms with Crippen LogP contribution >= 0.6 is 0 Å². The summed E-state index contributed by atoms with van der Waals surface area (Å²) in [7, 11) is 2.01. The van der Waals surface area contributed by atoms with Crippen molar-refractivity contribution in [3.8, 4) is 5.75 Å². The van der Waals surface area contributed by atoms with Crippen molar-refractivity contribution < 1.29 is 6.16 Å². The van der Waals surface area contributed by atoms with E-state index < -0.39 is 0 Å². The van der Waals surface area contributed by atoms with Gasteiger partial charge in [-0.2, -0.15) is 0 Å². The number of hydrogen-bond acceptors (Lipinski definition) is 6. The summed E-state index contributed by atoms with van der Waals surface area (Å²) in [6.07, 6.45) is 6.89. The van der Waals surface area contributed by atoms with Crippen molar-refractivity contribution in [3.05, 3.63) is 41.9 Å². The summed E-state index contributed by atoms with van der Waals surface area (Å²) in [6, 6.07) is 7.39. The summed E-state index contributed by atoms with van der Waals surface area (Å²) in [6.45, 7) is 5.23. The van der Waals surface area contributed by atoms with E-state index in [9.17, 15) is 0 Å². The molecule has 0 amide bonds. The van der Waals surface area contributed by atoms with Gasteiger partial charge in [-0.1, -0.05) is 20.3 Å². The van der Waals surface area contributed by atoms with E-state index >= 15 is 0 Å². The number of nitrogen functional groups attached to an aromatic ring is 1. The van der Waals surface area contributed by atoms with E-state index in [1.165, 1.54) is 6.33 Å². The van der Waals surface area contributed by atoms with Crippen molar-refractivity contribution in [1.82, 2.24) is 9.97 Å². The molecule has 6 nitrogen and oxygen atoms in total. The fourth-order valence-electron chi connectivity index (χ4n) is 3.07. The van der Waals surface area contributed by atoms with Crippen LogP contribution in [0.25, 0.3) is 0 Å². The number of nitrogens with one attached hydrogen (secondary N) is 1. The summed E-state index contributed by atoms with van der Waals surface area (Å²) in [5.41, 5.74) is 8.16. The van der Waals surface area contributed by atoms with Crippen molar-refractivity contribution in [3.63, 3.8) is 0 Å². The van der Waals surface area contributed by atoms with E-state index in [-0.39, 0.29) is 12.7 Å². The quantitative estimate of drug-likeness (QED) is 0.509. The van der Waals surface area contributed by atoms with Gasteiger partial charge in [0.25, 0.3) is 0 Å². The first kappa shape index (κ1) is 19.1. The largest absolute Gasteiger partial charge is 0.487 e. The summed E-state index contributed by atoms with van der Waals surface area (Å²) in [5.74, 6) is 1.57. The van der Waals surface area contributed by atoms with E-state index in [0.29, 0.717) is 16.9 Å². The average Bonchev–Trinajstić information content (AvgIpc) is 3.47. The van der Waals surface area contributed by atoms with Gasteiger partial charge in [-0.3, -0.25) is 5.41 Å². The van der Waals surface area contributed by atoms with Crippen molar-refractivity contribution in [2.45, 2.75) is 51.6 Å². The molecule has 0 aliphatic heterocycles. The van der Waals surface area contributed by atoms with Crippen LogP contribution in [0.4, 0.5) is 11.5 Å². The number of ether oxygens (including phenoxy) is 1. The van der Waals surface area contributed by atoms with Crippen LogP contribution in [0.5, 0.6) is 5.75 Å². The third-order valence-corrected chi connectivity index (χ3v) is 5.23. The molecule has 1 aliphatic rings. The number of benzene rings is 1. The second-order valence-electron chi connectivity index (χ2n) is 7.30. The number of hydrogen-bond donors (Lipinski definition) is 2. The molecule has 0 saturated heterocycles. The normalized spacial score (nSPS) is 14.6. The minimum Gasteiger partial charge on any atom is -0.487 e. The Labute approximate surface area is 162 Å². The molecule has 3 N–H and O–H groups in total. The van der Waals surface area contributed by atoms with Gasteiger partial charge in [0.15, 0.2) is 0 Å². The van der Waals surface area contributed by atoms with E-state index in [4.69, 9.17) is 15.9 Å². The summed E-state index contributed by atoms with van der Waals surface area (Å²) in [4.78, 5) is 10.7. The van der Waals surface area contributed by atoms with Crippen molar-refractivity contribution >= 4 is 17.2 Å². The van der Waals surface area contributed by atoms with Crippen LogP contribution in [0.15, 0.2) is 30.6 Å². The highest BCUT2D eigenvalue weighted by atomic mass is 16.5. The first-order chi connectivity index (χ1) is 13.0. The maximum atomic E-state index is 8.63. The van der Waals surface area contributed by atoms with Crippen molar-refractivity contribution in [1.29, 1.82) is 5.41 Å². The molecule has 1 aromatic carbocycles. The third-order valence-electron chi connectivity index (χ3n) is 5.23. The lowest BCUT2D eigenvalue weighted by Crippen LogP contribution is -2.20. The second kappa shape index (κ2) is 7.94. The molecule has 1 saturated carbocycles. The Morgan fingerprint density at radius 1 is 1.30 bits per heavy atom. The Morgan fingerprint density at radius 2 is 2.07 bits per heavy atom. The Bertz CT molecular complexity index is 822. The summed E-state index contributed by atoms with van der Waals surface area (Å²) in [5, 5.41) is 8.63. The number of unbranched alkanes of at least 4 members (excludes halogenated alkanes) is 1. The lowest BCUT2D eigenvalue weighted by Gasteiger charge is -2.19. The number of nitrogens with zero attached hydrogens (tertiary/aromatic N) is 3. The fraction of sp³-hybridized carbons (Fsp3) is 0.476. The zero-order valence-corrected chi connectivity index (χ0v) is 16.5. The van der Waals surface area contributed by atoms with Gasteiger partial charge in [-0.05, 0) is 43.9 Å². The molecule has 1 fully saturated rings. The van der Waals surface area contributed by atoms with Crippen LogP contribution in [0.1, 0.15) is 58.6 Å². The molecule has 0 unspecified atom stereocenters. The molecule has 0 radical (unpaired) electrons. The Morgan fingerprint density at radius 3 is 2.74 bits per heavy atom. The number of anilines is 2. The number of rotatable bonds is 9. The van der Waals surface area contributed by atoms with Gasteiger partial charge in [0.05, 0.1) is 11.4 Å². The van der Waals surface area contributed by atoms with Gasteiger partial charge >= 0.3 is 0 Å². The maximum absolute atomic E-state index is 8.63. The molecular weight excluding hydrogens is 338 g/mol. The molecule has 6 heteroatoms. The molecule has 3 rings (SSSR count). The Kier molecular flexibility index (Phi) is 5.63. The molecule has 1 aliphatic carbocycles. The Hall–Kier alpha value is -2.63. The molecule has 27 heavy (non-hydrogen) atoms. The molecule has 0 bridgehead atoms. The average molecular weight is 370 g/mol. The lowest BCUT2D eigenvalue weighted by molar-refractivity contribution is 0.174. The molecule has 1 heterocycles. The lowest BCUT2D eigenvalue weighted by atomic mass is 10.0. The smallest absolute Gasteiger partial charge is 0.132 e. The Balaban J connectivity index is 0.00000280. The monoisotopic (exact) mass is 369 g/mol. The van der Waals surface area contributed by atoms with Crippen LogP contribution in [-0.4, -0.2) is 34.9 Å². The first-order valence-corrected chi connectivity index (χ1v) is 9.69. The number of nitrogens with two attached hydrogens (primary N) is 1. The minimum absolute atomic E-state index is 0. The van der Waals surface area contributed by atoms with Crippen LogP contribution in [0.2, 0.25) is 0 Å². The molecule has 1 aromatic heterocycles. The molecule has 0 spiro atoms. The first-order valence-electron chi connectivity index (χ1n) is 9.69. The molecule has 0 atom stereocenters. The van der Waals surface area contributed by atoms with Gasteiger partial charge in [0, 0.05) is 32.3 Å². The fourth-order valence-corrected chi connectivity index (χ4v) is 3.07. The predicted molar refractivity (Wildman–Crippen MR) is 112 cm³/mol. The second-order valence-corrected chi connectivity index (χ2v) is 7.30. The van der Waals surface area contributed by atoms with Crippen molar-refractivity contribution in [2.75, 3.05) is 24.2 Å². The van der Waals surface area contributed by atoms with Gasteiger partial charge in [0.1, 0.15) is 23.5 Å². The number of aromatic nitrogens is 2. The van der Waals surface area contributed by atoms with Gasteiger partial charge < -0.3 is 15.4 Å². The highest BCUT2D eigenvalue weighted by molar-refractivity contribution is 6.13. The van der Waals surface area contributed by atoms with Crippen LogP contribution in [0, 0.1) is 5.41 Å². The highest BCUT2D eigenvalue weighted by Gasteiger charge is 2.43. The zero-order valence-electron chi connectivity index (χ0n) is 16.5. The maximum Gasteiger partial charge on any atom is 0.132 e. The van der Waals surface area contributed by atoms with E-state index in [1.807, 2.05) is 25.2 Å². The summed E-state index contributed by atoms with van der Waals surface area (Å²) < 4.78 is 6.16. The van der Waals surface area contributed by atoms with Crippen LogP contribution in [-0.2, 0) is 0 Å². The van der Waals surface area contributed by atoms with E-state index in [0.717, 1.165) is 50.2 Å². The predicted octanol–water partition coefficient (Wildman–Crippen LogP) is 4.28. The topological polar surface area (TPSA) is 88.1 Å². The van der Waals surface area contributed by atoms with Gasteiger partial charge in [-0.15, -0.1) is 0 Å². The SMILES string of the molecule is CCCCN(C)c1cc(C(=N)c2cc(OC3(CC)CC3)ccc2N)ncn1.[HH]. The zero-order chi connectivity index (χ0) is 19.4. The van der Waals surface area contributed by atoms with E-state index in [2.05, 4.69) is 28.7 Å².